The third kappa shape index (κ3) is 4.15. The Morgan fingerprint density at radius 2 is 2.00 bits per heavy atom. The first-order valence-electron chi connectivity index (χ1n) is 8.31. The van der Waals surface area contributed by atoms with Gasteiger partial charge in [-0.1, -0.05) is 32.0 Å². The Hall–Kier alpha value is -1.71. The molecule has 122 valence electrons. The molecule has 1 aromatic rings. The smallest absolute Gasteiger partial charge is 0.320 e. The normalized spacial score (nSPS) is 19.9. The van der Waals surface area contributed by atoms with Crippen LogP contribution in [-0.4, -0.2) is 29.7 Å². The largest absolute Gasteiger partial charge is 0.471 e. The number of ether oxygens (including phenoxy) is 1. The summed E-state index contributed by atoms with van der Waals surface area (Å²) in [6, 6.07) is 8.29. The number of rotatable bonds is 4. The summed E-state index contributed by atoms with van der Waals surface area (Å²) in [6.45, 7) is 9.10. The number of hydrogen-bond acceptors (Lipinski definition) is 2. The molecule has 1 aromatic carbocycles. The van der Waals surface area contributed by atoms with Crippen molar-refractivity contribution in [2.24, 2.45) is 0 Å². The van der Waals surface area contributed by atoms with Gasteiger partial charge in [-0.2, -0.15) is 0 Å². The first kappa shape index (κ1) is 16.7. The Balaban J connectivity index is 1.95. The number of amides is 2. The topological polar surface area (TPSA) is 41.6 Å². The summed E-state index contributed by atoms with van der Waals surface area (Å²) < 4.78 is 5.94. The second-order valence-electron chi connectivity index (χ2n) is 6.44. The summed E-state index contributed by atoms with van der Waals surface area (Å²) in [5, 5.41) is 2.96. The maximum Gasteiger partial charge on any atom is 0.320 e. The molecule has 2 amide bonds. The lowest BCUT2D eigenvalue weighted by molar-refractivity contribution is 0.129. The number of nitrogens with zero attached hydrogens (tertiary/aromatic N) is 1. The second-order valence-corrected chi connectivity index (χ2v) is 6.44. The fraction of sp³-hybridized carbons (Fsp3) is 0.611. The monoisotopic (exact) mass is 304 g/mol. The lowest BCUT2D eigenvalue weighted by Gasteiger charge is -2.34. The fourth-order valence-electron chi connectivity index (χ4n) is 2.94. The number of benzene rings is 1. The molecule has 2 rings (SSSR count). The summed E-state index contributed by atoms with van der Waals surface area (Å²) in [4.78, 5) is 14.3. The highest BCUT2D eigenvalue weighted by Gasteiger charge is 2.24. The molecule has 22 heavy (non-hydrogen) atoms. The van der Waals surface area contributed by atoms with E-state index in [0.717, 1.165) is 30.7 Å². The van der Waals surface area contributed by atoms with E-state index in [-0.39, 0.29) is 12.3 Å². The molecule has 0 radical (unpaired) electrons. The van der Waals surface area contributed by atoms with Crippen LogP contribution in [0.5, 0.6) is 5.75 Å². The summed E-state index contributed by atoms with van der Waals surface area (Å²) in [5.41, 5.74) is 1.16. The first-order chi connectivity index (χ1) is 10.5. The number of nitrogens with one attached hydrogen (secondary N) is 1. The molecule has 0 saturated carbocycles. The Morgan fingerprint density at radius 1 is 1.27 bits per heavy atom. The molecule has 0 aromatic heterocycles. The van der Waals surface area contributed by atoms with E-state index in [1.165, 1.54) is 6.42 Å². The molecule has 1 heterocycles. The number of hydrogen-bond donors (Lipinski definition) is 1. The van der Waals surface area contributed by atoms with Crippen molar-refractivity contribution in [1.82, 2.24) is 10.2 Å². The molecule has 0 spiro atoms. The molecule has 0 bridgehead atoms. The molecule has 4 heteroatoms. The average molecular weight is 304 g/mol. The molecular weight excluding hydrogens is 276 g/mol. The zero-order chi connectivity index (χ0) is 16.1. The third-order valence-corrected chi connectivity index (χ3v) is 4.24. The van der Waals surface area contributed by atoms with Gasteiger partial charge in [-0.3, -0.25) is 0 Å². The van der Waals surface area contributed by atoms with E-state index in [4.69, 9.17) is 4.74 Å². The minimum absolute atomic E-state index is 0.0262. The van der Waals surface area contributed by atoms with Crippen molar-refractivity contribution in [1.29, 1.82) is 0 Å². The molecule has 1 fully saturated rings. The van der Waals surface area contributed by atoms with Gasteiger partial charge in [0, 0.05) is 12.6 Å². The number of urea groups is 1. The summed E-state index contributed by atoms with van der Waals surface area (Å²) in [5.74, 6) is 1.23. The maximum absolute atomic E-state index is 12.4. The highest BCUT2D eigenvalue weighted by Crippen LogP contribution is 2.26. The molecule has 0 aliphatic carbocycles. The van der Waals surface area contributed by atoms with Gasteiger partial charge >= 0.3 is 6.03 Å². The molecule has 4 nitrogen and oxygen atoms in total. The predicted molar refractivity (Wildman–Crippen MR) is 89.2 cm³/mol. The first-order valence-corrected chi connectivity index (χ1v) is 8.31. The minimum atomic E-state index is -0.346. The zero-order valence-corrected chi connectivity index (χ0v) is 14.1. The Kier molecular flexibility index (Phi) is 5.69. The van der Waals surface area contributed by atoms with Gasteiger partial charge in [0.25, 0.3) is 0 Å². The van der Waals surface area contributed by atoms with Gasteiger partial charge in [-0.05, 0) is 50.7 Å². The molecule has 1 aliphatic heterocycles. The van der Waals surface area contributed by atoms with Gasteiger partial charge < -0.3 is 15.0 Å². The van der Waals surface area contributed by atoms with Crippen LogP contribution < -0.4 is 10.1 Å². The number of likely N-dealkylation sites (tertiary alicyclic amines) is 1. The van der Waals surface area contributed by atoms with Crippen molar-refractivity contribution >= 4 is 6.03 Å². The van der Waals surface area contributed by atoms with Gasteiger partial charge in [0.15, 0.2) is 6.23 Å². The van der Waals surface area contributed by atoms with Crippen LogP contribution >= 0.6 is 0 Å². The van der Waals surface area contributed by atoms with Crippen LogP contribution in [0, 0.1) is 0 Å². The van der Waals surface area contributed by atoms with Crippen molar-refractivity contribution in [2.45, 2.75) is 65.1 Å². The van der Waals surface area contributed by atoms with Crippen molar-refractivity contribution in [3.05, 3.63) is 29.8 Å². The lowest BCUT2D eigenvalue weighted by atomic mass is 10.0. The lowest BCUT2D eigenvalue weighted by Crippen LogP contribution is -2.50. The number of para-hydroxylation sites is 1. The Bertz CT molecular complexity index is 502. The highest BCUT2D eigenvalue weighted by molar-refractivity contribution is 5.74. The molecule has 1 aliphatic rings. The van der Waals surface area contributed by atoms with Crippen LogP contribution in [0.25, 0.3) is 0 Å². The van der Waals surface area contributed by atoms with Gasteiger partial charge in [-0.15, -0.1) is 0 Å². The van der Waals surface area contributed by atoms with E-state index in [0.29, 0.717) is 12.0 Å². The van der Waals surface area contributed by atoms with E-state index >= 15 is 0 Å². The molecule has 1 saturated heterocycles. The summed E-state index contributed by atoms with van der Waals surface area (Å²) in [6.07, 6.45) is 3.03. The number of piperidine rings is 1. The molecule has 2 unspecified atom stereocenters. The maximum atomic E-state index is 12.4. The van der Waals surface area contributed by atoms with E-state index in [1.54, 1.807) is 0 Å². The van der Waals surface area contributed by atoms with Gasteiger partial charge in [-0.25, -0.2) is 4.79 Å². The fourth-order valence-corrected chi connectivity index (χ4v) is 2.94. The van der Waals surface area contributed by atoms with Gasteiger partial charge in [0.05, 0.1) is 0 Å². The van der Waals surface area contributed by atoms with E-state index in [1.807, 2.05) is 30.0 Å². The molecule has 1 N–H and O–H groups in total. The average Bonchev–Trinajstić information content (AvgIpc) is 2.47. The van der Waals surface area contributed by atoms with Crippen LogP contribution in [0.4, 0.5) is 4.79 Å². The van der Waals surface area contributed by atoms with Crippen LogP contribution in [0.2, 0.25) is 0 Å². The van der Waals surface area contributed by atoms with Crippen LogP contribution in [-0.2, 0) is 0 Å². The number of carbonyl (C=O) groups is 1. The number of carbonyl (C=O) groups excluding carboxylic acids is 1. The predicted octanol–water partition coefficient (Wildman–Crippen LogP) is 4.12. The minimum Gasteiger partial charge on any atom is -0.471 e. The van der Waals surface area contributed by atoms with E-state index < -0.39 is 0 Å². The quantitative estimate of drug-likeness (QED) is 0.850. The third-order valence-electron chi connectivity index (χ3n) is 4.24. The van der Waals surface area contributed by atoms with Crippen molar-refractivity contribution in [3.63, 3.8) is 0 Å². The standard InChI is InChI=1S/C18H28N2O2/c1-13(2)16-10-5-6-11-17(16)22-15(4)19-18(21)20-12-8-7-9-14(20)3/h5-6,10-11,13-15H,7-9,12H2,1-4H3,(H,19,21). The highest BCUT2D eigenvalue weighted by atomic mass is 16.5. The van der Waals surface area contributed by atoms with E-state index in [2.05, 4.69) is 32.2 Å². The Labute approximate surface area is 133 Å². The van der Waals surface area contributed by atoms with Crippen LogP contribution in [0.15, 0.2) is 24.3 Å². The zero-order valence-electron chi connectivity index (χ0n) is 14.1. The van der Waals surface area contributed by atoms with Crippen molar-refractivity contribution in [3.8, 4) is 5.75 Å². The summed E-state index contributed by atoms with van der Waals surface area (Å²) >= 11 is 0. The van der Waals surface area contributed by atoms with Crippen molar-refractivity contribution < 1.29 is 9.53 Å². The van der Waals surface area contributed by atoms with Crippen LogP contribution in [0.1, 0.15) is 58.4 Å². The van der Waals surface area contributed by atoms with Gasteiger partial charge in [0.1, 0.15) is 5.75 Å². The van der Waals surface area contributed by atoms with Gasteiger partial charge in [0.2, 0.25) is 0 Å². The SMILES string of the molecule is CC(NC(=O)N1CCCCC1C)Oc1ccccc1C(C)C. The van der Waals surface area contributed by atoms with E-state index in [9.17, 15) is 4.79 Å². The second kappa shape index (κ2) is 7.52. The Morgan fingerprint density at radius 3 is 2.68 bits per heavy atom. The molecular formula is C18H28N2O2. The molecule has 2 atom stereocenters. The van der Waals surface area contributed by atoms with Crippen LogP contribution in [0.3, 0.4) is 0 Å². The summed E-state index contributed by atoms with van der Waals surface area (Å²) in [7, 11) is 0. The van der Waals surface area contributed by atoms with Crippen molar-refractivity contribution in [2.75, 3.05) is 6.54 Å².